The van der Waals surface area contributed by atoms with Crippen LogP contribution in [-0.4, -0.2) is 49.9 Å². The average Bonchev–Trinajstić information content (AvgIpc) is 3.18. The summed E-state index contributed by atoms with van der Waals surface area (Å²) >= 11 is 0. The van der Waals surface area contributed by atoms with E-state index < -0.39 is 6.04 Å². The molecule has 1 atom stereocenters. The highest BCUT2D eigenvalue weighted by Gasteiger charge is 2.33. The highest BCUT2D eigenvalue weighted by Crippen LogP contribution is 2.22. The van der Waals surface area contributed by atoms with Crippen LogP contribution in [0.15, 0.2) is 18.3 Å². The fourth-order valence-electron chi connectivity index (χ4n) is 2.93. The van der Waals surface area contributed by atoms with Crippen LogP contribution in [0.3, 0.4) is 0 Å². The molecule has 3 rings (SSSR count). The molecule has 8 nitrogen and oxygen atoms in total. The predicted octanol–water partition coefficient (Wildman–Crippen LogP) is 0.351. The standard InChI is InChI=1S/C15H20N6O2/c1-4-20-12(7-10(2)18-20)15(23)19-8-11-5-6-17-21(11)13(9-19)14(22)16-3/h5-7,13H,4,8-9H2,1-3H3,(H,16,22)/t13-/m1/s1. The van der Waals surface area contributed by atoms with Crippen LogP contribution in [0.5, 0.6) is 0 Å². The Hall–Kier alpha value is -2.64. The highest BCUT2D eigenvalue weighted by molar-refractivity contribution is 5.93. The molecule has 0 radical (unpaired) electrons. The van der Waals surface area contributed by atoms with Crippen molar-refractivity contribution in [3.8, 4) is 0 Å². The summed E-state index contributed by atoms with van der Waals surface area (Å²) in [6.45, 7) is 5.16. The Bertz CT molecular complexity index is 747. The Labute approximate surface area is 134 Å². The summed E-state index contributed by atoms with van der Waals surface area (Å²) in [4.78, 5) is 26.7. The third kappa shape index (κ3) is 2.60. The monoisotopic (exact) mass is 316 g/mol. The van der Waals surface area contributed by atoms with Gasteiger partial charge in [-0.05, 0) is 26.0 Å². The van der Waals surface area contributed by atoms with E-state index in [1.165, 1.54) is 0 Å². The molecule has 0 spiro atoms. The van der Waals surface area contributed by atoms with Gasteiger partial charge in [0.05, 0.1) is 24.5 Å². The first-order chi connectivity index (χ1) is 11.0. The smallest absolute Gasteiger partial charge is 0.272 e. The maximum atomic E-state index is 12.9. The average molecular weight is 316 g/mol. The van der Waals surface area contributed by atoms with E-state index in [0.717, 1.165) is 11.4 Å². The molecule has 0 aliphatic carbocycles. The Morgan fingerprint density at radius 3 is 2.91 bits per heavy atom. The fourth-order valence-corrected chi connectivity index (χ4v) is 2.93. The SMILES string of the molecule is CCn1nc(C)cc1C(=O)N1Cc2ccnn2[C@@H](C(=O)NC)C1. The number of fused-ring (bicyclic) bond motifs is 1. The summed E-state index contributed by atoms with van der Waals surface area (Å²) in [6, 6.07) is 3.10. The number of likely N-dealkylation sites (N-methyl/N-ethyl adjacent to an activating group) is 1. The highest BCUT2D eigenvalue weighted by atomic mass is 16.2. The van der Waals surface area contributed by atoms with Gasteiger partial charge in [-0.3, -0.25) is 19.0 Å². The molecule has 1 N–H and O–H groups in total. The van der Waals surface area contributed by atoms with Crippen molar-refractivity contribution in [1.29, 1.82) is 0 Å². The maximum Gasteiger partial charge on any atom is 0.272 e. The zero-order valence-corrected chi connectivity index (χ0v) is 13.5. The molecular weight excluding hydrogens is 296 g/mol. The molecule has 1 aliphatic heterocycles. The number of rotatable bonds is 3. The van der Waals surface area contributed by atoms with E-state index in [1.807, 2.05) is 19.9 Å². The lowest BCUT2D eigenvalue weighted by molar-refractivity contribution is -0.125. The Morgan fingerprint density at radius 2 is 2.22 bits per heavy atom. The zero-order chi connectivity index (χ0) is 16.6. The number of hydrogen-bond acceptors (Lipinski definition) is 4. The number of nitrogens with one attached hydrogen (secondary N) is 1. The lowest BCUT2D eigenvalue weighted by Crippen LogP contribution is -2.46. The molecule has 2 aromatic rings. The maximum absolute atomic E-state index is 12.9. The van der Waals surface area contributed by atoms with Gasteiger partial charge in [-0.1, -0.05) is 0 Å². The molecule has 1 aliphatic rings. The number of aryl methyl sites for hydroxylation is 2. The lowest BCUT2D eigenvalue weighted by Gasteiger charge is -2.32. The van der Waals surface area contributed by atoms with Crippen LogP contribution >= 0.6 is 0 Å². The van der Waals surface area contributed by atoms with Crippen LogP contribution < -0.4 is 5.32 Å². The third-order valence-electron chi connectivity index (χ3n) is 4.05. The molecule has 2 aromatic heterocycles. The van der Waals surface area contributed by atoms with Crippen molar-refractivity contribution in [3.05, 3.63) is 35.4 Å². The second-order valence-electron chi connectivity index (χ2n) is 5.57. The van der Waals surface area contributed by atoms with Crippen molar-refractivity contribution < 1.29 is 9.59 Å². The van der Waals surface area contributed by atoms with Gasteiger partial charge in [-0.2, -0.15) is 10.2 Å². The normalized spacial score (nSPS) is 17.0. The van der Waals surface area contributed by atoms with E-state index in [2.05, 4.69) is 15.5 Å². The third-order valence-corrected chi connectivity index (χ3v) is 4.05. The zero-order valence-electron chi connectivity index (χ0n) is 13.5. The predicted molar refractivity (Wildman–Crippen MR) is 82.7 cm³/mol. The van der Waals surface area contributed by atoms with Gasteiger partial charge < -0.3 is 10.2 Å². The van der Waals surface area contributed by atoms with Gasteiger partial charge in [-0.25, -0.2) is 0 Å². The van der Waals surface area contributed by atoms with Crippen LogP contribution in [0, 0.1) is 6.92 Å². The van der Waals surface area contributed by atoms with E-state index in [1.54, 1.807) is 33.6 Å². The first kappa shape index (κ1) is 15.3. The number of nitrogens with zero attached hydrogens (tertiary/aromatic N) is 5. The van der Waals surface area contributed by atoms with Crippen LogP contribution in [0.4, 0.5) is 0 Å². The van der Waals surface area contributed by atoms with E-state index >= 15 is 0 Å². The molecule has 0 aromatic carbocycles. The summed E-state index contributed by atoms with van der Waals surface area (Å²) in [7, 11) is 1.59. The van der Waals surface area contributed by atoms with Gasteiger partial charge >= 0.3 is 0 Å². The number of carbonyl (C=O) groups is 2. The van der Waals surface area contributed by atoms with Gasteiger partial charge in [0.15, 0.2) is 0 Å². The molecular formula is C15H20N6O2. The van der Waals surface area contributed by atoms with Crippen molar-refractivity contribution >= 4 is 11.8 Å². The van der Waals surface area contributed by atoms with E-state index in [0.29, 0.717) is 25.3 Å². The second kappa shape index (κ2) is 5.86. The molecule has 23 heavy (non-hydrogen) atoms. The van der Waals surface area contributed by atoms with Crippen molar-refractivity contribution in [2.24, 2.45) is 0 Å². The molecule has 0 bridgehead atoms. The largest absolute Gasteiger partial charge is 0.357 e. The Balaban J connectivity index is 1.92. The first-order valence-electron chi connectivity index (χ1n) is 7.62. The number of amides is 2. The summed E-state index contributed by atoms with van der Waals surface area (Å²) in [5.74, 6) is -0.276. The summed E-state index contributed by atoms with van der Waals surface area (Å²) in [5.41, 5.74) is 2.20. The molecule has 8 heteroatoms. The first-order valence-corrected chi connectivity index (χ1v) is 7.62. The van der Waals surface area contributed by atoms with Crippen molar-refractivity contribution in [1.82, 2.24) is 29.8 Å². The van der Waals surface area contributed by atoms with Crippen LogP contribution in [0.2, 0.25) is 0 Å². The van der Waals surface area contributed by atoms with Gasteiger partial charge in [-0.15, -0.1) is 0 Å². The number of hydrogen-bond donors (Lipinski definition) is 1. The van der Waals surface area contributed by atoms with Gasteiger partial charge in [0.2, 0.25) is 5.91 Å². The van der Waals surface area contributed by atoms with Crippen LogP contribution in [-0.2, 0) is 17.9 Å². The van der Waals surface area contributed by atoms with E-state index in [-0.39, 0.29) is 11.8 Å². The second-order valence-corrected chi connectivity index (χ2v) is 5.57. The van der Waals surface area contributed by atoms with Gasteiger partial charge in [0.25, 0.3) is 5.91 Å². The minimum Gasteiger partial charge on any atom is -0.357 e. The summed E-state index contributed by atoms with van der Waals surface area (Å²) in [6.07, 6.45) is 1.65. The minimum absolute atomic E-state index is 0.117. The van der Waals surface area contributed by atoms with Crippen LogP contribution in [0.25, 0.3) is 0 Å². The Morgan fingerprint density at radius 1 is 1.43 bits per heavy atom. The van der Waals surface area contributed by atoms with Gasteiger partial charge in [0.1, 0.15) is 11.7 Å². The molecule has 0 saturated carbocycles. The van der Waals surface area contributed by atoms with Crippen molar-refractivity contribution in [2.45, 2.75) is 33.0 Å². The van der Waals surface area contributed by atoms with Crippen molar-refractivity contribution in [3.63, 3.8) is 0 Å². The molecule has 2 amide bonds. The molecule has 0 saturated heterocycles. The van der Waals surface area contributed by atoms with Crippen molar-refractivity contribution in [2.75, 3.05) is 13.6 Å². The molecule has 0 fully saturated rings. The number of carbonyl (C=O) groups excluding carboxylic acids is 2. The molecule has 0 unspecified atom stereocenters. The lowest BCUT2D eigenvalue weighted by atomic mass is 10.1. The van der Waals surface area contributed by atoms with E-state index in [9.17, 15) is 9.59 Å². The van der Waals surface area contributed by atoms with Crippen LogP contribution in [0.1, 0.15) is 34.8 Å². The minimum atomic E-state index is -0.512. The van der Waals surface area contributed by atoms with E-state index in [4.69, 9.17) is 0 Å². The van der Waals surface area contributed by atoms with Gasteiger partial charge in [0, 0.05) is 19.8 Å². The molecule has 122 valence electrons. The quantitative estimate of drug-likeness (QED) is 0.885. The summed E-state index contributed by atoms with van der Waals surface area (Å²) in [5, 5.41) is 11.2. The summed E-state index contributed by atoms with van der Waals surface area (Å²) < 4.78 is 3.38. The topological polar surface area (TPSA) is 85.1 Å². The fraction of sp³-hybridized carbons (Fsp3) is 0.467. The number of aromatic nitrogens is 4. The Kier molecular flexibility index (Phi) is 3.89. The molecule has 3 heterocycles.